The zero-order valence-corrected chi connectivity index (χ0v) is 10.9. The number of aryl methyl sites for hydroxylation is 1. The van der Waals surface area contributed by atoms with Crippen LogP contribution in [0, 0.1) is 12.8 Å². The molecule has 0 saturated heterocycles. The Balaban J connectivity index is 2.75. The van der Waals surface area contributed by atoms with Crippen LogP contribution < -0.4 is 5.73 Å². The summed E-state index contributed by atoms with van der Waals surface area (Å²) in [6, 6.07) is 7.70. The molecule has 0 bridgehead atoms. The second-order valence-corrected chi connectivity index (χ2v) is 4.55. The fraction of sp³-hybridized carbons (Fsp3) is 0.500. The van der Waals surface area contributed by atoms with Crippen molar-refractivity contribution >= 4 is 5.91 Å². The molecule has 0 aromatic heterocycles. The molecule has 0 aliphatic rings. The third kappa shape index (κ3) is 3.86. The highest BCUT2D eigenvalue weighted by Gasteiger charge is 2.15. The highest BCUT2D eigenvalue weighted by Crippen LogP contribution is 2.08. The van der Waals surface area contributed by atoms with Gasteiger partial charge in [-0.3, -0.25) is 4.79 Å². The van der Waals surface area contributed by atoms with E-state index in [1.165, 1.54) is 5.56 Å². The van der Waals surface area contributed by atoms with E-state index in [0.29, 0.717) is 12.5 Å². The van der Waals surface area contributed by atoms with Gasteiger partial charge in [-0.05, 0) is 38.4 Å². The van der Waals surface area contributed by atoms with Crippen LogP contribution in [-0.2, 0) is 0 Å². The third-order valence-electron chi connectivity index (χ3n) is 2.90. The van der Waals surface area contributed by atoms with E-state index in [-0.39, 0.29) is 5.91 Å². The molecule has 17 heavy (non-hydrogen) atoms. The van der Waals surface area contributed by atoms with Crippen molar-refractivity contribution in [1.82, 2.24) is 4.90 Å². The van der Waals surface area contributed by atoms with Crippen LogP contribution in [-0.4, -0.2) is 30.4 Å². The van der Waals surface area contributed by atoms with Gasteiger partial charge >= 0.3 is 0 Å². The van der Waals surface area contributed by atoms with Crippen molar-refractivity contribution in [3.8, 4) is 0 Å². The number of benzene rings is 1. The quantitative estimate of drug-likeness (QED) is 0.847. The summed E-state index contributed by atoms with van der Waals surface area (Å²) in [5.74, 6) is 0.428. The number of nitrogens with zero attached hydrogens (tertiary/aromatic N) is 1. The van der Waals surface area contributed by atoms with Gasteiger partial charge in [0.1, 0.15) is 0 Å². The maximum atomic E-state index is 12.2. The second kappa shape index (κ2) is 6.40. The largest absolute Gasteiger partial charge is 0.339 e. The van der Waals surface area contributed by atoms with E-state index < -0.39 is 0 Å². The normalized spacial score (nSPS) is 12.2. The lowest BCUT2D eigenvalue weighted by atomic mass is 10.1. The molecule has 0 radical (unpaired) electrons. The number of rotatable bonds is 5. The molecule has 0 spiro atoms. The second-order valence-electron chi connectivity index (χ2n) is 4.55. The minimum atomic E-state index is 0.0906. The van der Waals surface area contributed by atoms with Gasteiger partial charge in [0.25, 0.3) is 5.91 Å². The van der Waals surface area contributed by atoms with Crippen LogP contribution in [0.5, 0.6) is 0 Å². The van der Waals surface area contributed by atoms with E-state index in [1.54, 1.807) is 0 Å². The fourth-order valence-corrected chi connectivity index (χ4v) is 1.69. The summed E-state index contributed by atoms with van der Waals surface area (Å²) in [6.45, 7) is 8.12. The molecule has 1 atom stereocenters. The Bertz CT molecular complexity index is 359. The predicted octanol–water partition coefficient (Wildman–Crippen LogP) is 2.05. The topological polar surface area (TPSA) is 46.3 Å². The molecule has 0 saturated carbocycles. The monoisotopic (exact) mass is 234 g/mol. The Morgan fingerprint density at radius 3 is 2.41 bits per heavy atom. The Morgan fingerprint density at radius 2 is 1.94 bits per heavy atom. The van der Waals surface area contributed by atoms with Crippen LogP contribution in [0.25, 0.3) is 0 Å². The zero-order valence-electron chi connectivity index (χ0n) is 10.9. The van der Waals surface area contributed by atoms with E-state index in [4.69, 9.17) is 5.73 Å². The summed E-state index contributed by atoms with van der Waals surface area (Å²) in [6.07, 6.45) is 0. The maximum Gasteiger partial charge on any atom is 0.253 e. The van der Waals surface area contributed by atoms with Crippen LogP contribution in [0.3, 0.4) is 0 Å². The van der Waals surface area contributed by atoms with Crippen molar-refractivity contribution in [2.45, 2.75) is 20.8 Å². The summed E-state index contributed by atoms with van der Waals surface area (Å²) < 4.78 is 0. The molecule has 0 fully saturated rings. The number of hydrogen-bond acceptors (Lipinski definition) is 2. The average Bonchev–Trinajstić information content (AvgIpc) is 2.35. The lowest BCUT2D eigenvalue weighted by Gasteiger charge is -2.24. The SMILES string of the molecule is CCN(CC(C)CN)C(=O)c1ccc(C)cc1. The third-order valence-corrected chi connectivity index (χ3v) is 2.90. The van der Waals surface area contributed by atoms with E-state index in [9.17, 15) is 4.79 Å². The Labute approximate surface area is 104 Å². The summed E-state index contributed by atoms with van der Waals surface area (Å²) >= 11 is 0. The van der Waals surface area contributed by atoms with Gasteiger partial charge in [-0.2, -0.15) is 0 Å². The molecule has 1 aromatic rings. The molecule has 0 aliphatic heterocycles. The first-order valence-corrected chi connectivity index (χ1v) is 6.14. The van der Waals surface area contributed by atoms with E-state index >= 15 is 0 Å². The smallest absolute Gasteiger partial charge is 0.253 e. The molecular weight excluding hydrogens is 212 g/mol. The molecule has 94 valence electrons. The standard InChI is InChI=1S/C14H22N2O/c1-4-16(10-12(3)9-15)14(17)13-7-5-11(2)6-8-13/h5-8,12H,4,9-10,15H2,1-3H3. The van der Waals surface area contributed by atoms with Gasteiger partial charge in [0.05, 0.1) is 0 Å². The summed E-state index contributed by atoms with van der Waals surface area (Å²) in [5, 5.41) is 0. The number of hydrogen-bond donors (Lipinski definition) is 1. The molecule has 1 aromatic carbocycles. The van der Waals surface area contributed by atoms with Crippen LogP contribution in [0.15, 0.2) is 24.3 Å². The van der Waals surface area contributed by atoms with Crippen LogP contribution in [0.4, 0.5) is 0 Å². The average molecular weight is 234 g/mol. The molecular formula is C14H22N2O. The molecule has 2 N–H and O–H groups in total. The molecule has 3 nitrogen and oxygen atoms in total. The van der Waals surface area contributed by atoms with Gasteiger partial charge in [-0.1, -0.05) is 24.6 Å². The minimum Gasteiger partial charge on any atom is -0.339 e. The van der Waals surface area contributed by atoms with Gasteiger partial charge in [-0.25, -0.2) is 0 Å². The molecule has 1 rings (SSSR count). The number of carbonyl (C=O) groups excluding carboxylic acids is 1. The highest BCUT2D eigenvalue weighted by molar-refractivity contribution is 5.94. The first kappa shape index (κ1) is 13.7. The highest BCUT2D eigenvalue weighted by atomic mass is 16.2. The Hall–Kier alpha value is -1.35. The molecule has 3 heteroatoms. The van der Waals surface area contributed by atoms with E-state index in [0.717, 1.165) is 18.7 Å². The van der Waals surface area contributed by atoms with Gasteiger partial charge in [0.15, 0.2) is 0 Å². The van der Waals surface area contributed by atoms with Crippen molar-refractivity contribution < 1.29 is 4.79 Å². The van der Waals surface area contributed by atoms with Gasteiger partial charge in [0, 0.05) is 18.7 Å². The summed E-state index contributed by atoms with van der Waals surface area (Å²) in [4.78, 5) is 14.1. The molecule has 0 heterocycles. The first-order valence-electron chi connectivity index (χ1n) is 6.14. The van der Waals surface area contributed by atoms with Crippen LogP contribution in [0.1, 0.15) is 29.8 Å². The van der Waals surface area contributed by atoms with E-state index in [2.05, 4.69) is 6.92 Å². The molecule has 1 amide bonds. The number of nitrogens with two attached hydrogens (primary N) is 1. The van der Waals surface area contributed by atoms with E-state index in [1.807, 2.05) is 43.0 Å². The van der Waals surface area contributed by atoms with Crippen molar-refractivity contribution in [3.63, 3.8) is 0 Å². The lowest BCUT2D eigenvalue weighted by Crippen LogP contribution is -2.36. The van der Waals surface area contributed by atoms with Crippen LogP contribution >= 0.6 is 0 Å². The summed E-state index contributed by atoms with van der Waals surface area (Å²) in [5.41, 5.74) is 7.51. The Kier molecular flexibility index (Phi) is 5.16. The van der Waals surface area contributed by atoms with Crippen molar-refractivity contribution in [2.24, 2.45) is 11.7 Å². The van der Waals surface area contributed by atoms with Crippen molar-refractivity contribution in [3.05, 3.63) is 35.4 Å². The summed E-state index contributed by atoms with van der Waals surface area (Å²) in [7, 11) is 0. The fourth-order valence-electron chi connectivity index (χ4n) is 1.69. The van der Waals surface area contributed by atoms with Gasteiger partial charge < -0.3 is 10.6 Å². The predicted molar refractivity (Wildman–Crippen MR) is 71.0 cm³/mol. The van der Waals surface area contributed by atoms with Gasteiger partial charge in [-0.15, -0.1) is 0 Å². The number of amides is 1. The molecule has 0 aliphatic carbocycles. The minimum absolute atomic E-state index is 0.0906. The number of carbonyl (C=O) groups is 1. The van der Waals surface area contributed by atoms with Crippen LogP contribution in [0.2, 0.25) is 0 Å². The van der Waals surface area contributed by atoms with Gasteiger partial charge in [0.2, 0.25) is 0 Å². The Morgan fingerprint density at radius 1 is 1.35 bits per heavy atom. The van der Waals surface area contributed by atoms with Crippen molar-refractivity contribution in [1.29, 1.82) is 0 Å². The van der Waals surface area contributed by atoms with Crippen molar-refractivity contribution in [2.75, 3.05) is 19.6 Å². The first-order chi connectivity index (χ1) is 8.08. The zero-order chi connectivity index (χ0) is 12.8. The molecule has 1 unspecified atom stereocenters. The maximum absolute atomic E-state index is 12.2. The lowest BCUT2D eigenvalue weighted by molar-refractivity contribution is 0.0744.